The fourth-order valence-electron chi connectivity index (χ4n) is 2.31. The average molecular weight is 308 g/mol. The second kappa shape index (κ2) is 5.83. The van der Waals surface area contributed by atoms with Gasteiger partial charge in [-0.25, -0.2) is 4.98 Å². The predicted octanol–water partition coefficient (Wildman–Crippen LogP) is 2.95. The van der Waals surface area contributed by atoms with Gasteiger partial charge in [0.05, 0.1) is 0 Å². The first kappa shape index (κ1) is 14.6. The molecule has 2 fully saturated rings. The third kappa shape index (κ3) is 3.67. The number of rotatable bonds is 7. The quantitative estimate of drug-likeness (QED) is 0.812. The van der Waals surface area contributed by atoms with Gasteiger partial charge in [0.25, 0.3) is 5.91 Å². The van der Waals surface area contributed by atoms with Gasteiger partial charge in [0.15, 0.2) is 5.13 Å². The van der Waals surface area contributed by atoms with E-state index < -0.39 is 0 Å². The number of nitrogens with two attached hydrogens (primary N) is 1. The largest absolute Gasteiger partial charge is 0.382 e. The first-order valence-electron chi connectivity index (χ1n) is 7.88. The highest BCUT2D eigenvalue weighted by Crippen LogP contribution is 2.34. The van der Waals surface area contributed by atoms with Crippen molar-refractivity contribution in [3.63, 3.8) is 0 Å². The molecule has 0 atom stereocenters. The molecule has 1 amide bonds. The Morgan fingerprint density at radius 3 is 2.71 bits per heavy atom. The van der Waals surface area contributed by atoms with Gasteiger partial charge in [-0.05, 0) is 38.0 Å². The highest BCUT2D eigenvalue weighted by Gasteiger charge is 2.35. The van der Waals surface area contributed by atoms with E-state index >= 15 is 0 Å². The van der Waals surface area contributed by atoms with Gasteiger partial charge in [0.2, 0.25) is 0 Å². The van der Waals surface area contributed by atoms with E-state index in [0.717, 1.165) is 30.9 Å². The predicted molar refractivity (Wildman–Crippen MR) is 86.7 cm³/mol. The van der Waals surface area contributed by atoms with Crippen molar-refractivity contribution >= 4 is 28.2 Å². The van der Waals surface area contributed by atoms with Crippen molar-refractivity contribution in [1.82, 2.24) is 9.88 Å². The maximum absolute atomic E-state index is 12.8. The summed E-state index contributed by atoms with van der Waals surface area (Å²) < 4.78 is 0. The van der Waals surface area contributed by atoms with Crippen molar-refractivity contribution in [2.75, 3.05) is 17.6 Å². The lowest BCUT2D eigenvalue weighted by Crippen LogP contribution is -2.34. The number of amides is 1. The number of carbonyl (C=O) groups is 1. The second-order valence-corrected chi connectivity index (χ2v) is 7.56. The SMILES string of the molecule is CC(C)CCN(C(=O)c1sc(NC2CC2)nc1N)C1CC1. The number of nitrogens with one attached hydrogen (secondary N) is 1. The monoisotopic (exact) mass is 308 g/mol. The van der Waals surface area contributed by atoms with E-state index in [2.05, 4.69) is 24.1 Å². The summed E-state index contributed by atoms with van der Waals surface area (Å²) in [5.41, 5.74) is 5.96. The maximum atomic E-state index is 12.8. The number of anilines is 2. The zero-order chi connectivity index (χ0) is 15.0. The van der Waals surface area contributed by atoms with Crippen LogP contribution in [0, 0.1) is 5.92 Å². The molecule has 0 unspecified atom stereocenters. The molecule has 3 rings (SSSR count). The lowest BCUT2D eigenvalue weighted by molar-refractivity contribution is 0.0741. The van der Waals surface area contributed by atoms with Crippen LogP contribution < -0.4 is 11.1 Å². The molecule has 5 nitrogen and oxygen atoms in total. The van der Waals surface area contributed by atoms with Crippen molar-refractivity contribution in [3.8, 4) is 0 Å². The van der Waals surface area contributed by atoms with Gasteiger partial charge in [0, 0.05) is 18.6 Å². The zero-order valence-corrected chi connectivity index (χ0v) is 13.6. The van der Waals surface area contributed by atoms with E-state index in [1.54, 1.807) is 0 Å². The van der Waals surface area contributed by atoms with Gasteiger partial charge in [-0.2, -0.15) is 0 Å². The first-order valence-corrected chi connectivity index (χ1v) is 8.70. The molecular weight excluding hydrogens is 284 g/mol. The lowest BCUT2D eigenvalue weighted by Gasteiger charge is -2.22. The Labute approximate surface area is 129 Å². The summed E-state index contributed by atoms with van der Waals surface area (Å²) in [7, 11) is 0. The van der Waals surface area contributed by atoms with Crippen LogP contribution in [0.1, 0.15) is 55.6 Å². The fraction of sp³-hybridized carbons (Fsp3) is 0.733. The maximum Gasteiger partial charge on any atom is 0.268 e. The molecule has 116 valence electrons. The first-order chi connectivity index (χ1) is 10.0. The highest BCUT2D eigenvalue weighted by molar-refractivity contribution is 7.18. The van der Waals surface area contributed by atoms with E-state index in [1.807, 2.05) is 4.90 Å². The van der Waals surface area contributed by atoms with Crippen LogP contribution in [0.5, 0.6) is 0 Å². The van der Waals surface area contributed by atoms with Crippen LogP contribution in [-0.2, 0) is 0 Å². The van der Waals surface area contributed by atoms with Crippen molar-refractivity contribution in [1.29, 1.82) is 0 Å². The molecule has 0 aliphatic heterocycles. The molecule has 2 aliphatic carbocycles. The minimum absolute atomic E-state index is 0.0667. The number of carbonyl (C=O) groups excluding carboxylic acids is 1. The second-order valence-electron chi connectivity index (χ2n) is 6.56. The Kier molecular flexibility index (Phi) is 4.06. The van der Waals surface area contributed by atoms with Gasteiger partial charge in [-0.3, -0.25) is 4.79 Å². The fourth-order valence-corrected chi connectivity index (χ4v) is 3.23. The van der Waals surface area contributed by atoms with Crippen LogP contribution in [0.15, 0.2) is 0 Å². The van der Waals surface area contributed by atoms with Crippen LogP contribution in [0.3, 0.4) is 0 Å². The standard InChI is InChI=1S/C15H24N4OS/c1-9(2)7-8-19(11-5-6-11)14(20)12-13(16)18-15(21-12)17-10-3-4-10/h9-11H,3-8,16H2,1-2H3,(H,17,18). The summed E-state index contributed by atoms with van der Waals surface area (Å²) in [4.78, 5) is 19.7. The van der Waals surface area contributed by atoms with Gasteiger partial charge in [-0.15, -0.1) is 0 Å². The lowest BCUT2D eigenvalue weighted by atomic mass is 10.1. The molecule has 1 heterocycles. The Bertz CT molecular complexity index is 520. The van der Waals surface area contributed by atoms with E-state index in [4.69, 9.17) is 5.73 Å². The molecular formula is C15H24N4OS. The Hall–Kier alpha value is -1.30. The molecule has 0 aromatic carbocycles. The van der Waals surface area contributed by atoms with Crippen molar-refractivity contribution in [2.45, 2.75) is 58.0 Å². The normalized spacial score (nSPS) is 18.0. The third-order valence-electron chi connectivity index (χ3n) is 3.95. The summed E-state index contributed by atoms with van der Waals surface area (Å²) in [5, 5.41) is 4.11. The molecule has 3 N–H and O–H groups in total. The number of nitrogens with zero attached hydrogens (tertiary/aromatic N) is 2. The van der Waals surface area contributed by atoms with Crippen molar-refractivity contribution in [3.05, 3.63) is 4.88 Å². The summed E-state index contributed by atoms with van der Waals surface area (Å²) in [5.74, 6) is 1.05. The van der Waals surface area contributed by atoms with Crippen molar-refractivity contribution in [2.24, 2.45) is 5.92 Å². The Morgan fingerprint density at radius 1 is 1.43 bits per heavy atom. The van der Waals surface area contributed by atoms with Crippen LogP contribution in [0.25, 0.3) is 0 Å². The molecule has 2 saturated carbocycles. The van der Waals surface area contributed by atoms with Gasteiger partial charge >= 0.3 is 0 Å². The van der Waals surface area contributed by atoms with Gasteiger partial charge in [-0.1, -0.05) is 25.2 Å². The number of nitrogen functional groups attached to an aromatic ring is 1. The van der Waals surface area contributed by atoms with Crippen LogP contribution in [0.2, 0.25) is 0 Å². The zero-order valence-electron chi connectivity index (χ0n) is 12.8. The molecule has 1 aromatic heterocycles. The summed E-state index contributed by atoms with van der Waals surface area (Å²) in [6.07, 6.45) is 5.65. The average Bonchev–Trinajstić information content (AvgIpc) is 3.30. The Morgan fingerprint density at radius 2 is 2.14 bits per heavy atom. The minimum atomic E-state index is 0.0667. The molecule has 0 spiro atoms. The molecule has 0 bridgehead atoms. The number of aromatic nitrogens is 1. The minimum Gasteiger partial charge on any atom is -0.382 e. The van der Waals surface area contributed by atoms with Crippen LogP contribution >= 0.6 is 11.3 Å². The summed E-state index contributed by atoms with van der Waals surface area (Å²) in [6, 6.07) is 0.941. The number of hydrogen-bond donors (Lipinski definition) is 2. The van der Waals surface area contributed by atoms with Crippen LogP contribution in [0.4, 0.5) is 10.9 Å². The molecule has 6 heteroatoms. The molecule has 1 aromatic rings. The van der Waals surface area contributed by atoms with E-state index in [0.29, 0.717) is 28.7 Å². The number of hydrogen-bond acceptors (Lipinski definition) is 5. The van der Waals surface area contributed by atoms with E-state index in [9.17, 15) is 4.79 Å². The molecule has 21 heavy (non-hydrogen) atoms. The third-order valence-corrected chi connectivity index (χ3v) is 4.94. The van der Waals surface area contributed by atoms with Crippen molar-refractivity contribution < 1.29 is 4.79 Å². The molecule has 0 radical (unpaired) electrons. The summed E-state index contributed by atoms with van der Waals surface area (Å²) >= 11 is 1.41. The topological polar surface area (TPSA) is 71.2 Å². The summed E-state index contributed by atoms with van der Waals surface area (Å²) in [6.45, 7) is 5.20. The van der Waals surface area contributed by atoms with E-state index in [-0.39, 0.29) is 5.91 Å². The smallest absolute Gasteiger partial charge is 0.268 e. The number of thiazole rings is 1. The Balaban J connectivity index is 1.70. The van der Waals surface area contributed by atoms with Crippen LogP contribution in [-0.4, -0.2) is 34.4 Å². The molecule has 0 saturated heterocycles. The van der Waals surface area contributed by atoms with Gasteiger partial charge < -0.3 is 16.0 Å². The molecule has 2 aliphatic rings. The van der Waals surface area contributed by atoms with E-state index in [1.165, 1.54) is 24.2 Å². The highest BCUT2D eigenvalue weighted by atomic mass is 32.1. The van der Waals surface area contributed by atoms with Gasteiger partial charge in [0.1, 0.15) is 10.7 Å².